The van der Waals surface area contributed by atoms with Crippen LogP contribution in [0.3, 0.4) is 0 Å². The molecule has 1 N–H and O–H groups in total. The summed E-state index contributed by atoms with van der Waals surface area (Å²) in [4.78, 5) is 8.38. The summed E-state index contributed by atoms with van der Waals surface area (Å²) in [5, 5.41) is 7.22. The maximum atomic E-state index is 5.35. The van der Waals surface area contributed by atoms with Gasteiger partial charge < -0.3 is 19.1 Å². The number of aryl methyl sites for hydroxylation is 1. The van der Waals surface area contributed by atoms with E-state index in [1.807, 2.05) is 11.6 Å². The van der Waals surface area contributed by atoms with Crippen LogP contribution in [0, 0.1) is 0 Å². The van der Waals surface area contributed by atoms with Crippen LogP contribution in [0.1, 0.15) is 11.9 Å². The molecule has 90 valence electrons. The highest BCUT2D eigenvalue weighted by Gasteiger charge is 2.22. The fourth-order valence-electron chi connectivity index (χ4n) is 1.78. The second kappa shape index (κ2) is 4.27. The summed E-state index contributed by atoms with van der Waals surface area (Å²) in [6.07, 6.45) is 3.41. The lowest BCUT2D eigenvalue weighted by Crippen LogP contribution is -2.34. The van der Waals surface area contributed by atoms with E-state index in [1.54, 1.807) is 12.5 Å². The van der Waals surface area contributed by atoms with Crippen molar-refractivity contribution in [2.24, 2.45) is 7.05 Å². The van der Waals surface area contributed by atoms with Crippen molar-refractivity contribution in [3.63, 3.8) is 0 Å². The normalized spacial score (nSPS) is 20.6. The van der Waals surface area contributed by atoms with Gasteiger partial charge in [0, 0.05) is 13.6 Å². The maximum absolute atomic E-state index is 5.35. The Morgan fingerprint density at radius 2 is 2.47 bits per heavy atom. The van der Waals surface area contributed by atoms with Crippen molar-refractivity contribution in [3.8, 4) is 11.5 Å². The summed E-state index contributed by atoms with van der Waals surface area (Å²) in [5.74, 6) is 1.10. The average Bonchev–Trinajstić information content (AvgIpc) is 2.98. The number of hydrogen-bond acceptors (Lipinski definition) is 6. The highest BCUT2D eigenvalue weighted by molar-refractivity contribution is 5.47. The Balaban J connectivity index is 1.85. The minimum absolute atomic E-state index is 0.0155. The monoisotopic (exact) mass is 235 g/mol. The third-order valence-corrected chi connectivity index (χ3v) is 2.71. The third-order valence-electron chi connectivity index (χ3n) is 2.71. The smallest absolute Gasteiger partial charge is 0.246 e. The predicted octanol–water partition coefficient (Wildman–Crippen LogP) is 0.131. The van der Waals surface area contributed by atoms with Gasteiger partial charge in [0.15, 0.2) is 0 Å². The molecule has 2 aromatic rings. The van der Waals surface area contributed by atoms with Crippen LogP contribution in [0.15, 0.2) is 17.0 Å². The summed E-state index contributed by atoms with van der Waals surface area (Å²) in [7, 11) is 1.89. The minimum Gasteiger partial charge on any atom is -0.378 e. The molecule has 3 heterocycles. The molecule has 1 atom stereocenters. The van der Waals surface area contributed by atoms with Crippen molar-refractivity contribution < 1.29 is 9.26 Å². The Morgan fingerprint density at radius 1 is 1.53 bits per heavy atom. The second-order valence-electron chi connectivity index (χ2n) is 3.93. The number of morpholine rings is 1. The first-order valence-electron chi connectivity index (χ1n) is 5.46. The lowest BCUT2D eigenvalue weighted by atomic mass is 10.3. The summed E-state index contributed by atoms with van der Waals surface area (Å²) in [6.45, 7) is 2.08. The molecule has 1 aliphatic rings. The Kier molecular flexibility index (Phi) is 2.62. The fraction of sp³-hybridized carbons (Fsp3) is 0.500. The number of rotatable bonds is 2. The summed E-state index contributed by atoms with van der Waals surface area (Å²) < 4.78 is 12.4. The number of nitrogens with zero attached hydrogens (tertiary/aromatic N) is 4. The number of imidazole rings is 1. The second-order valence-corrected chi connectivity index (χ2v) is 3.93. The highest BCUT2D eigenvalue weighted by atomic mass is 16.5. The molecule has 0 spiro atoms. The summed E-state index contributed by atoms with van der Waals surface area (Å²) >= 11 is 0. The van der Waals surface area contributed by atoms with Gasteiger partial charge in [-0.2, -0.15) is 4.98 Å². The Labute approximate surface area is 97.8 Å². The summed E-state index contributed by atoms with van der Waals surface area (Å²) in [5.41, 5.74) is 0.830. The Morgan fingerprint density at radius 3 is 3.18 bits per heavy atom. The van der Waals surface area contributed by atoms with E-state index in [-0.39, 0.29) is 6.04 Å². The van der Waals surface area contributed by atoms with Crippen molar-refractivity contribution in [3.05, 3.63) is 18.4 Å². The quantitative estimate of drug-likeness (QED) is 0.797. The molecule has 1 fully saturated rings. The van der Waals surface area contributed by atoms with E-state index in [0.717, 1.165) is 18.8 Å². The van der Waals surface area contributed by atoms with E-state index in [2.05, 4.69) is 20.4 Å². The molecule has 0 radical (unpaired) electrons. The Bertz CT molecular complexity index is 500. The third kappa shape index (κ3) is 1.94. The van der Waals surface area contributed by atoms with Crippen LogP contribution in [0.2, 0.25) is 0 Å². The van der Waals surface area contributed by atoms with E-state index in [9.17, 15) is 0 Å². The van der Waals surface area contributed by atoms with Crippen molar-refractivity contribution in [1.29, 1.82) is 0 Å². The zero-order chi connectivity index (χ0) is 11.7. The molecular formula is C10H13N5O2. The fourth-order valence-corrected chi connectivity index (χ4v) is 1.78. The van der Waals surface area contributed by atoms with Crippen LogP contribution in [-0.4, -0.2) is 39.5 Å². The number of ether oxygens (including phenoxy) is 1. The first kappa shape index (κ1) is 10.4. The zero-order valence-electron chi connectivity index (χ0n) is 9.46. The van der Waals surface area contributed by atoms with Crippen molar-refractivity contribution in [2.75, 3.05) is 19.8 Å². The minimum atomic E-state index is -0.0155. The molecule has 7 nitrogen and oxygen atoms in total. The van der Waals surface area contributed by atoms with E-state index in [1.165, 1.54) is 0 Å². The van der Waals surface area contributed by atoms with Crippen molar-refractivity contribution >= 4 is 0 Å². The van der Waals surface area contributed by atoms with Gasteiger partial charge >= 0.3 is 0 Å². The lowest BCUT2D eigenvalue weighted by molar-refractivity contribution is 0.0659. The molecule has 1 aliphatic heterocycles. The highest BCUT2D eigenvalue weighted by Crippen LogP contribution is 2.18. The molecule has 0 amide bonds. The van der Waals surface area contributed by atoms with E-state index >= 15 is 0 Å². The van der Waals surface area contributed by atoms with Gasteiger partial charge in [0.05, 0.1) is 25.7 Å². The zero-order valence-corrected chi connectivity index (χ0v) is 9.46. The predicted molar refractivity (Wildman–Crippen MR) is 58.1 cm³/mol. The van der Waals surface area contributed by atoms with E-state index in [4.69, 9.17) is 9.26 Å². The molecule has 0 bridgehead atoms. The molecule has 1 saturated heterocycles. The molecule has 2 aromatic heterocycles. The van der Waals surface area contributed by atoms with Gasteiger partial charge in [-0.15, -0.1) is 0 Å². The number of hydrogen-bond donors (Lipinski definition) is 1. The van der Waals surface area contributed by atoms with Crippen LogP contribution in [0.25, 0.3) is 11.5 Å². The van der Waals surface area contributed by atoms with Crippen molar-refractivity contribution in [1.82, 2.24) is 25.0 Å². The van der Waals surface area contributed by atoms with Gasteiger partial charge in [0.25, 0.3) is 0 Å². The summed E-state index contributed by atoms with van der Waals surface area (Å²) in [6, 6.07) is -0.0155. The molecular weight excluding hydrogens is 222 g/mol. The van der Waals surface area contributed by atoms with Gasteiger partial charge in [-0.25, -0.2) is 4.98 Å². The van der Waals surface area contributed by atoms with Crippen LogP contribution < -0.4 is 5.32 Å². The molecule has 0 aliphatic carbocycles. The van der Waals surface area contributed by atoms with Gasteiger partial charge in [0.1, 0.15) is 11.7 Å². The standard InChI is InChI=1S/C10H13N5O2/c1-15-6-11-4-8(15)9-13-10(17-14-9)7-5-16-3-2-12-7/h4,6-7,12H,2-3,5H2,1H3. The Hall–Kier alpha value is -1.73. The van der Waals surface area contributed by atoms with Crippen LogP contribution in [0.4, 0.5) is 0 Å². The number of nitrogens with one attached hydrogen (secondary N) is 1. The van der Waals surface area contributed by atoms with Gasteiger partial charge in [-0.1, -0.05) is 5.16 Å². The topological polar surface area (TPSA) is 78.0 Å². The van der Waals surface area contributed by atoms with Gasteiger partial charge in [-0.3, -0.25) is 0 Å². The molecule has 3 rings (SSSR count). The molecule has 0 aromatic carbocycles. The molecule has 7 heteroatoms. The molecule has 1 unspecified atom stereocenters. The van der Waals surface area contributed by atoms with Gasteiger partial charge in [0.2, 0.25) is 11.7 Å². The van der Waals surface area contributed by atoms with Gasteiger partial charge in [-0.05, 0) is 0 Å². The number of aromatic nitrogens is 4. The first-order chi connectivity index (χ1) is 8.34. The van der Waals surface area contributed by atoms with Crippen LogP contribution in [-0.2, 0) is 11.8 Å². The molecule has 0 saturated carbocycles. The largest absolute Gasteiger partial charge is 0.378 e. The van der Waals surface area contributed by atoms with Crippen LogP contribution in [0.5, 0.6) is 0 Å². The van der Waals surface area contributed by atoms with Crippen LogP contribution >= 0.6 is 0 Å². The van der Waals surface area contributed by atoms with E-state index < -0.39 is 0 Å². The lowest BCUT2D eigenvalue weighted by Gasteiger charge is -2.20. The molecule has 17 heavy (non-hydrogen) atoms. The first-order valence-corrected chi connectivity index (χ1v) is 5.46. The average molecular weight is 235 g/mol. The SMILES string of the molecule is Cn1cncc1-c1noc(C2COCCN2)n1. The van der Waals surface area contributed by atoms with E-state index in [0.29, 0.717) is 18.3 Å². The maximum Gasteiger partial charge on any atom is 0.246 e. The van der Waals surface area contributed by atoms with Crippen molar-refractivity contribution in [2.45, 2.75) is 6.04 Å².